The van der Waals surface area contributed by atoms with Crippen LogP contribution in [0.4, 0.5) is 0 Å². The van der Waals surface area contributed by atoms with Crippen molar-refractivity contribution in [1.29, 1.82) is 0 Å². The molecule has 2 aliphatic heterocycles. The highest BCUT2D eigenvalue weighted by Crippen LogP contribution is 2.36. The average Bonchev–Trinajstić information content (AvgIpc) is 3.36. The Kier molecular flexibility index (Phi) is 6.01. The number of nitrogens with zero attached hydrogens (tertiary/aromatic N) is 5. The summed E-state index contributed by atoms with van der Waals surface area (Å²) >= 11 is 1.59. The highest BCUT2D eigenvalue weighted by molar-refractivity contribution is 7.98. The van der Waals surface area contributed by atoms with Gasteiger partial charge in [-0.1, -0.05) is 48.5 Å². The van der Waals surface area contributed by atoms with Crippen molar-refractivity contribution < 1.29 is 4.79 Å². The number of carbonyl (C=O) groups is 1. The third-order valence-corrected chi connectivity index (χ3v) is 6.71. The van der Waals surface area contributed by atoms with Crippen LogP contribution in [-0.4, -0.2) is 56.4 Å². The molecule has 0 radical (unpaired) electrons. The molecule has 1 aromatic carbocycles. The first-order valence-corrected chi connectivity index (χ1v) is 11.5. The number of benzene rings is 1. The van der Waals surface area contributed by atoms with Crippen LogP contribution < -0.4 is 0 Å². The lowest BCUT2D eigenvalue weighted by Crippen LogP contribution is -2.45. The summed E-state index contributed by atoms with van der Waals surface area (Å²) < 4.78 is 2.04. The van der Waals surface area contributed by atoms with Gasteiger partial charge in [0.25, 0.3) is 0 Å². The summed E-state index contributed by atoms with van der Waals surface area (Å²) in [4.78, 5) is 18.3. The lowest BCUT2D eigenvalue weighted by atomic mass is 10.00. The van der Waals surface area contributed by atoms with Crippen LogP contribution in [0.2, 0.25) is 0 Å². The number of carbonyl (C=O) groups excluding carboxylic acids is 1. The zero-order chi connectivity index (χ0) is 19.5. The molecular weight excluding hydrogens is 370 g/mol. The number of hydrogen-bond acceptors (Lipinski definition) is 5. The third kappa shape index (κ3) is 3.70. The fourth-order valence-electron chi connectivity index (χ4n) is 4.57. The van der Waals surface area contributed by atoms with E-state index in [4.69, 9.17) is 0 Å². The zero-order valence-electron chi connectivity index (χ0n) is 16.8. The van der Waals surface area contributed by atoms with Gasteiger partial charge in [0.15, 0.2) is 11.0 Å². The molecule has 0 saturated carbocycles. The van der Waals surface area contributed by atoms with E-state index in [0.717, 1.165) is 49.0 Å². The summed E-state index contributed by atoms with van der Waals surface area (Å²) in [5.74, 6) is 1.12. The summed E-state index contributed by atoms with van der Waals surface area (Å²) in [6.07, 6.45) is 7.57. The van der Waals surface area contributed by atoms with Gasteiger partial charge >= 0.3 is 0 Å². The molecule has 2 atom stereocenters. The highest BCUT2D eigenvalue weighted by atomic mass is 32.2. The van der Waals surface area contributed by atoms with E-state index in [9.17, 15) is 4.79 Å². The predicted molar refractivity (Wildman–Crippen MR) is 111 cm³/mol. The largest absolute Gasteiger partial charge is 0.331 e. The Hall–Kier alpha value is -1.86. The van der Waals surface area contributed by atoms with Crippen molar-refractivity contribution in [1.82, 2.24) is 24.6 Å². The Labute approximate surface area is 171 Å². The Morgan fingerprint density at radius 2 is 1.82 bits per heavy atom. The van der Waals surface area contributed by atoms with Gasteiger partial charge in [-0.2, -0.15) is 0 Å². The van der Waals surface area contributed by atoms with E-state index in [2.05, 4.69) is 32.1 Å². The van der Waals surface area contributed by atoms with Gasteiger partial charge in [-0.25, -0.2) is 0 Å². The van der Waals surface area contributed by atoms with Crippen LogP contribution in [0.25, 0.3) is 0 Å². The molecule has 0 N–H and O–H groups in total. The van der Waals surface area contributed by atoms with E-state index >= 15 is 0 Å². The highest BCUT2D eigenvalue weighted by Gasteiger charge is 2.39. The van der Waals surface area contributed by atoms with E-state index in [0.29, 0.717) is 0 Å². The monoisotopic (exact) mass is 399 g/mol. The number of thioether (sulfide) groups is 1. The number of rotatable bonds is 5. The molecule has 0 bridgehead atoms. The van der Waals surface area contributed by atoms with Crippen LogP contribution in [0.3, 0.4) is 0 Å². The van der Waals surface area contributed by atoms with Crippen LogP contribution in [0, 0.1) is 0 Å². The summed E-state index contributed by atoms with van der Waals surface area (Å²) in [6, 6.07) is 10.1. The first-order chi connectivity index (χ1) is 13.7. The van der Waals surface area contributed by atoms with Crippen LogP contribution in [0.5, 0.6) is 0 Å². The van der Waals surface area contributed by atoms with E-state index in [1.54, 1.807) is 11.8 Å². The number of likely N-dealkylation sites (tertiary alicyclic amines) is 2. The van der Waals surface area contributed by atoms with E-state index in [-0.39, 0.29) is 18.0 Å². The van der Waals surface area contributed by atoms with Gasteiger partial charge < -0.3 is 9.47 Å². The molecule has 2 aromatic rings. The molecule has 28 heavy (non-hydrogen) atoms. The van der Waals surface area contributed by atoms with Crippen LogP contribution in [-0.2, 0) is 11.8 Å². The molecule has 6 nitrogen and oxygen atoms in total. The quantitative estimate of drug-likeness (QED) is 0.721. The molecule has 0 spiro atoms. The number of hydrogen-bond donors (Lipinski definition) is 0. The molecule has 7 heteroatoms. The predicted octanol–water partition coefficient (Wildman–Crippen LogP) is 3.43. The lowest BCUT2D eigenvalue weighted by molar-refractivity contribution is -0.139. The van der Waals surface area contributed by atoms with Gasteiger partial charge in [-0.3, -0.25) is 9.69 Å². The molecule has 2 saturated heterocycles. The van der Waals surface area contributed by atoms with Crippen molar-refractivity contribution in [2.75, 3.05) is 25.9 Å². The lowest BCUT2D eigenvalue weighted by Gasteiger charge is -2.37. The minimum absolute atomic E-state index is 0.0157. The molecule has 0 unspecified atom stereocenters. The van der Waals surface area contributed by atoms with E-state index < -0.39 is 0 Å². The maximum absolute atomic E-state index is 13.8. The molecular formula is C21H29N5OS. The standard InChI is InChI=1S/C21H29N5OS/c1-24-19(22-23-21(24)28-2)17-12-9-15-26(17)20(27)18(16-10-5-3-6-11-16)25-13-7-4-8-14-25/h3,5-6,10-11,17-18H,4,7-9,12-15H2,1-2H3/t17-,18-/m0/s1. The Balaban J connectivity index is 1.64. The molecule has 2 aliphatic rings. The van der Waals surface area contributed by atoms with Gasteiger partial charge in [-0.15, -0.1) is 10.2 Å². The van der Waals surface area contributed by atoms with Crippen molar-refractivity contribution >= 4 is 17.7 Å². The summed E-state index contributed by atoms with van der Waals surface area (Å²) in [6.45, 7) is 2.77. The first-order valence-electron chi connectivity index (χ1n) is 10.2. The zero-order valence-corrected chi connectivity index (χ0v) is 17.6. The van der Waals surface area contributed by atoms with Crippen molar-refractivity contribution in [3.8, 4) is 0 Å². The maximum atomic E-state index is 13.8. The second kappa shape index (κ2) is 8.66. The summed E-state index contributed by atoms with van der Waals surface area (Å²) in [7, 11) is 2.00. The molecule has 3 heterocycles. The Bertz CT molecular complexity index is 802. The maximum Gasteiger partial charge on any atom is 0.245 e. The Morgan fingerprint density at radius 1 is 1.07 bits per heavy atom. The second-order valence-electron chi connectivity index (χ2n) is 7.70. The molecule has 150 valence electrons. The molecule has 1 aromatic heterocycles. The molecule has 1 amide bonds. The van der Waals surface area contributed by atoms with Gasteiger partial charge in [-0.05, 0) is 50.6 Å². The fourth-order valence-corrected chi connectivity index (χ4v) is 5.06. The number of aromatic nitrogens is 3. The van der Waals surface area contributed by atoms with Crippen LogP contribution >= 0.6 is 11.8 Å². The first kappa shape index (κ1) is 19.5. The normalized spacial score (nSPS) is 21.8. The summed E-state index contributed by atoms with van der Waals surface area (Å²) in [5, 5.41) is 9.62. The number of amides is 1. The second-order valence-corrected chi connectivity index (χ2v) is 8.48. The third-order valence-electron chi connectivity index (χ3n) is 5.99. The Morgan fingerprint density at radius 3 is 2.50 bits per heavy atom. The fraction of sp³-hybridized carbons (Fsp3) is 0.571. The van der Waals surface area contributed by atoms with E-state index in [1.165, 1.54) is 19.3 Å². The topological polar surface area (TPSA) is 54.3 Å². The van der Waals surface area contributed by atoms with E-state index in [1.807, 2.05) is 36.1 Å². The average molecular weight is 400 g/mol. The van der Waals surface area contributed by atoms with Gasteiger partial charge in [0.05, 0.1) is 6.04 Å². The SMILES string of the molecule is CSc1nnc([C@@H]2CCCN2C(=O)[C@H](c2ccccc2)N2CCCCC2)n1C. The minimum atomic E-state index is -0.199. The van der Waals surface area contributed by atoms with Crippen LogP contribution in [0.15, 0.2) is 35.5 Å². The van der Waals surface area contributed by atoms with Crippen molar-refractivity contribution in [2.24, 2.45) is 7.05 Å². The minimum Gasteiger partial charge on any atom is -0.331 e. The van der Waals surface area contributed by atoms with Crippen LogP contribution in [0.1, 0.15) is 55.6 Å². The van der Waals surface area contributed by atoms with Gasteiger partial charge in [0.1, 0.15) is 6.04 Å². The molecule has 4 rings (SSSR count). The van der Waals surface area contributed by atoms with Crippen molar-refractivity contribution in [2.45, 2.75) is 49.3 Å². The van der Waals surface area contributed by atoms with Crippen molar-refractivity contribution in [3.63, 3.8) is 0 Å². The smallest absolute Gasteiger partial charge is 0.245 e. The molecule has 2 fully saturated rings. The summed E-state index contributed by atoms with van der Waals surface area (Å²) in [5.41, 5.74) is 1.10. The number of piperidine rings is 1. The van der Waals surface area contributed by atoms with Crippen molar-refractivity contribution in [3.05, 3.63) is 41.7 Å². The van der Waals surface area contributed by atoms with Gasteiger partial charge in [0, 0.05) is 13.6 Å². The molecule has 0 aliphatic carbocycles. The van der Waals surface area contributed by atoms with Gasteiger partial charge in [0.2, 0.25) is 5.91 Å².